The van der Waals surface area contributed by atoms with Crippen molar-refractivity contribution < 1.29 is 13.9 Å². The van der Waals surface area contributed by atoms with Gasteiger partial charge in [0.1, 0.15) is 12.3 Å². The molecule has 1 aliphatic carbocycles. The van der Waals surface area contributed by atoms with Crippen molar-refractivity contribution in [1.82, 2.24) is 4.90 Å². The highest BCUT2D eigenvalue weighted by Gasteiger charge is 2.45. The van der Waals surface area contributed by atoms with Crippen LogP contribution in [0.3, 0.4) is 0 Å². The van der Waals surface area contributed by atoms with E-state index in [1.54, 1.807) is 11.8 Å². The second-order valence-corrected chi connectivity index (χ2v) is 6.23. The van der Waals surface area contributed by atoms with Gasteiger partial charge in [-0.05, 0) is 45.6 Å². The lowest BCUT2D eigenvalue weighted by atomic mass is 10.0. The molecule has 0 N–H and O–H groups in total. The first kappa shape index (κ1) is 15.8. The van der Waals surface area contributed by atoms with Gasteiger partial charge in [0.25, 0.3) is 0 Å². The highest BCUT2D eigenvalue weighted by Crippen LogP contribution is 2.38. The van der Waals surface area contributed by atoms with Crippen LogP contribution in [0.4, 0.5) is 9.18 Å². The number of benzene rings is 1. The van der Waals surface area contributed by atoms with Gasteiger partial charge >= 0.3 is 6.09 Å². The largest absolute Gasteiger partial charge is 0.445 e. The Hall–Kier alpha value is -1.58. The quantitative estimate of drug-likeness (QED) is 0.827. The van der Waals surface area contributed by atoms with E-state index in [0.717, 1.165) is 12.0 Å². The lowest BCUT2D eigenvalue weighted by Crippen LogP contribution is -2.51. The monoisotopic (exact) mass is 293 g/mol. The molecule has 0 aromatic heterocycles. The topological polar surface area (TPSA) is 29.5 Å². The molecule has 1 aromatic rings. The van der Waals surface area contributed by atoms with E-state index in [1.165, 1.54) is 0 Å². The highest BCUT2D eigenvalue weighted by atomic mass is 19.1. The zero-order valence-electron chi connectivity index (χ0n) is 13.0. The van der Waals surface area contributed by atoms with E-state index in [9.17, 15) is 9.18 Å². The third-order valence-electron chi connectivity index (χ3n) is 4.15. The summed E-state index contributed by atoms with van der Waals surface area (Å²) in [5.74, 6) is 0. The van der Waals surface area contributed by atoms with E-state index in [0.29, 0.717) is 12.8 Å². The smallest absolute Gasteiger partial charge is 0.410 e. The molecule has 0 bridgehead atoms. The number of ether oxygens (including phenoxy) is 1. The minimum Gasteiger partial charge on any atom is -0.445 e. The van der Waals surface area contributed by atoms with Crippen molar-refractivity contribution >= 4 is 6.09 Å². The van der Waals surface area contributed by atoms with E-state index in [4.69, 9.17) is 4.74 Å². The summed E-state index contributed by atoms with van der Waals surface area (Å²) in [6, 6.07) is 9.06. The van der Waals surface area contributed by atoms with Crippen LogP contribution < -0.4 is 0 Å². The van der Waals surface area contributed by atoms with E-state index in [2.05, 4.69) is 0 Å². The minimum absolute atomic E-state index is 0.0774. The molecule has 1 fully saturated rings. The Morgan fingerprint density at radius 3 is 2.62 bits per heavy atom. The van der Waals surface area contributed by atoms with Crippen LogP contribution in [0.5, 0.6) is 0 Å². The third kappa shape index (κ3) is 3.74. The molecule has 1 aliphatic rings. The fourth-order valence-corrected chi connectivity index (χ4v) is 3.03. The number of hydrogen-bond donors (Lipinski definition) is 0. The number of carbonyl (C=O) groups is 1. The van der Waals surface area contributed by atoms with Gasteiger partial charge in [-0.25, -0.2) is 9.18 Å². The van der Waals surface area contributed by atoms with Gasteiger partial charge in [0.15, 0.2) is 0 Å². The summed E-state index contributed by atoms with van der Waals surface area (Å²) in [6.45, 7) is 5.61. The Kier molecular flexibility index (Phi) is 4.86. The molecule has 1 saturated carbocycles. The minimum atomic E-state index is -1.32. The standard InChI is InChI=1S/C17H24FNO2/c1-13(2)19(15-10-7-11-17(15,3)18)16(20)21-12-14-8-5-4-6-9-14/h4-6,8-9,13,15H,7,10-12H2,1-3H3. The number of halogens is 1. The predicted octanol–water partition coefficient (Wildman–Crippen LogP) is 4.31. The molecule has 0 heterocycles. The first-order valence-electron chi connectivity index (χ1n) is 7.60. The molecule has 0 aliphatic heterocycles. The summed E-state index contributed by atoms with van der Waals surface area (Å²) >= 11 is 0. The van der Waals surface area contributed by atoms with E-state index < -0.39 is 11.8 Å². The molecule has 1 aromatic carbocycles. The number of nitrogens with zero attached hydrogens (tertiary/aromatic N) is 1. The normalized spacial score (nSPS) is 25.1. The molecule has 2 unspecified atom stereocenters. The molecule has 4 heteroatoms. The van der Waals surface area contributed by atoms with Crippen molar-refractivity contribution in [1.29, 1.82) is 0 Å². The summed E-state index contributed by atoms with van der Waals surface area (Å²) in [5.41, 5.74) is -0.389. The second kappa shape index (κ2) is 6.46. The van der Waals surface area contributed by atoms with Gasteiger partial charge in [-0.15, -0.1) is 0 Å². The third-order valence-corrected chi connectivity index (χ3v) is 4.15. The zero-order valence-corrected chi connectivity index (χ0v) is 13.0. The average molecular weight is 293 g/mol. The molecule has 3 nitrogen and oxygen atoms in total. The Morgan fingerprint density at radius 2 is 2.10 bits per heavy atom. The van der Waals surface area contributed by atoms with Crippen LogP contribution in [-0.4, -0.2) is 28.7 Å². The molecule has 0 spiro atoms. The Morgan fingerprint density at radius 1 is 1.43 bits per heavy atom. The van der Waals surface area contributed by atoms with Crippen molar-refractivity contribution in [3.63, 3.8) is 0 Å². The average Bonchev–Trinajstić information content (AvgIpc) is 2.77. The van der Waals surface area contributed by atoms with Crippen LogP contribution >= 0.6 is 0 Å². The molecule has 0 radical (unpaired) electrons. The van der Waals surface area contributed by atoms with Gasteiger partial charge < -0.3 is 4.74 Å². The van der Waals surface area contributed by atoms with Crippen LogP contribution in [0.15, 0.2) is 30.3 Å². The van der Waals surface area contributed by atoms with Crippen molar-refractivity contribution in [3.05, 3.63) is 35.9 Å². The Labute approximate surface area is 126 Å². The van der Waals surface area contributed by atoms with E-state index >= 15 is 0 Å². The van der Waals surface area contributed by atoms with Crippen molar-refractivity contribution in [2.45, 2.75) is 64.4 Å². The molecule has 0 saturated heterocycles. The molecule has 21 heavy (non-hydrogen) atoms. The molecule has 116 valence electrons. The second-order valence-electron chi connectivity index (χ2n) is 6.23. The number of amides is 1. The highest BCUT2D eigenvalue weighted by molar-refractivity contribution is 5.68. The maximum atomic E-state index is 14.6. The van der Waals surface area contributed by atoms with Gasteiger partial charge in [0, 0.05) is 6.04 Å². The summed E-state index contributed by atoms with van der Waals surface area (Å²) < 4.78 is 19.9. The first-order chi connectivity index (χ1) is 9.92. The van der Waals surface area contributed by atoms with Gasteiger partial charge in [-0.3, -0.25) is 4.90 Å². The Bertz CT molecular complexity index is 473. The lowest BCUT2D eigenvalue weighted by Gasteiger charge is -2.37. The van der Waals surface area contributed by atoms with Crippen molar-refractivity contribution in [2.24, 2.45) is 0 Å². The van der Waals surface area contributed by atoms with Crippen LogP contribution in [0, 0.1) is 0 Å². The molecule has 1 amide bonds. The van der Waals surface area contributed by atoms with Crippen LogP contribution in [0.25, 0.3) is 0 Å². The number of alkyl halides is 1. The Balaban J connectivity index is 2.03. The number of carbonyl (C=O) groups excluding carboxylic acids is 1. The maximum absolute atomic E-state index is 14.6. The predicted molar refractivity (Wildman–Crippen MR) is 80.8 cm³/mol. The number of rotatable bonds is 4. The van der Waals surface area contributed by atoms with Crippen LogP contribution in [0.2, 0.25) is 0 Å². The molecule has 2 rings (SSSR count). The van der Waals surface area contributed by atoms with Gasteiger partial charge in [-0.1, -0.05) is 30.3 Å². The van der Waals surface area contributed by atoms with Gasteiger partial charge in [-0.2, -0.15) is 0 Å². The van der Waals surface area contributed by atoms with Crippen LogP contribution in [-0.2, 0) is 11.3 Å². The maximum Gasteiger partial charge on any atom is 0.410 e. The zero-order chi connectivity index (χ0) is 15.5. The van der Waals surface area contributed by atoms with Crippen molar-refractivity contribution in [3.8, 4) is 0 Å². The van der Waals surface area contributed by atoms with Crippen molar-refractivity contribution in [2.75, 3.05) is 0 Å². The van der Waals surface area contributed by atoms with E-state index in [-0.39, 0.29) is 18.7 Å². The summed E-state index contributed by atoms with van der Waals surface area (Å²) in [5, 5.41) is 0. The number of hydrogen-bond acceptors (Lipinski definition) is 2. The SMILES string of the molecule is CC(C)N(C(=O)OCc1ccccc1)C1CCCC1(C)F. The summed E-state index contributed by atoms with van der Waals surface area (Å²) in [7, 11) is 0. The lowest BCUT2D eigenvalue weighted by molar-refractivity contribution is 0.0231. The molecular formula is C17H24FNO2. The van der Waals surface area contributed by atoms with E-state index in [1.807, 2.05) is 44.2 Å². The van der Waals surface area contributed by atoms with Crippen LogP contribution in [0.1, 0.15) is 45.6 Å². The summed E-state index contributed by atoms with van der Waals surface area (Å²) in [6.07, 6.45) is 1.59. The molecule has 2 atom stereocenters. The van der Waals surface area contributed by atoms with Gasteiger partial charge in [0.05, 0.1) is 6.04 Å². The molecular weight excluding hydrogens is 269 g/mol. The first-order valence-corrected chi connectivity index (χ1v) is 7.60. The van der Waals surface area contributed by atoms with Gasteiger partial charge in [0.2, 0.25) is 0 Å². The fraction of sp³-hybridized carbons (Fsp3) is 0.588. The summed E-state index contributed by atoms with van der Waals surface area (Å²) in [4.78, 5) is 13.9. The fourth-order valence-electron chi connectivity index (χ4n) is 3.03.